The number of hydrogen-bond acceptors (Lipinski definition) is 0. The Balaban J connectivity index is 3.39. The molecule has 0 aliphatic heterocycles. The van der Waals surface area contributed by atoms with Gasteiger partial charge in [-0.05, 0) is 49.9 Å². The fourth-order valence-electron chi connectivity index (χ4n) is 0.879. The standard InChI is InChI=1S/C8H6Br2F2/c1-2-4-3-5(11)7(10)8(12)6(4)9/h3H,2H2,1H3. The van der Waals surface area contributed by atoms with Crippen molar-refractivity contribution < 1.29 is 8.78 Å². The second kappa shape index (κ2) is 3.83. The molecule has 0 spiro atoms. The maximum Gasteiger partial charge on any atom is 0.154 e. The summed E-state index contributed by atoms with van der Waals surface area (Å²) in [5.74, 6) is -1.14. The van der Waals surface area contributed by atoms with Crippen molar-refractivity contribution in [3.8, 4) is 0 Å². The number of hydrogen-bond donors (Lipinski definition) is 0. The molecule has 0 N–H and O–H groups in total. The summed E-state index contributed by atoms with van der Waals surface area (Å²) in [6, 6.07) is 1.32. The normalized spacial score (nSPS) is 10.4. The Bertz CT molecular complexity index is 310. The Morgan fingerprint density at radius 2 is 1.83 bits per heavy atom. The van der Waals surface area contributed by atoms with Crippen molar-refractivity contribution >= 4 is 31.9 Å². The van der Waals surface area contributed by atoms with Gasteiger partial charge in [0, 0.05) is 0 Å². The van der Waals surface area contributed by atoms with Gasteiger partial charge in [0.15, 0.2) is 5.82 Å². The number of aryl methyl sites for hydroxylation is 1. The highest BCUT2D eigenvalue weighted by Gasteiger charge is 2.13. The number of halogens is 4. The molecule has 0 unspecified atom stereocenters. The maximum absolute atomic E-state index is 13.1. The highest BCUT2D eigenvalue weighted by molar-refractivity contribution is 9.11. The minimum atomic E-state index is -0.577. The van der Waals surface area contributed by atoms with Crippen LogP contribution >= 0.6 is 31.9 Å². The molecule has 1 rings (SSSR count). The summed E-state index contributed by atoms with van der Waals surface area (Å²) in [4.78, 5) is 0. The van der Waals surface area contributed by atoms with E-state index in [0.29, 0.717) is 16.5 Å². The van der Waals surface area contributed by atoms with Gasteiger partial charge >= 0.3 is 0 Å². The van der Waals surface area contributed by atoms with Crippen LogP contribution < -0.4 is 0 Å². The summed E-state index contributed by atoms with van der Waals surface area (Å²) >= 11 is 5.87. The predicted octanol–water partition coefficient (Wildman–Crippen LogP) is 4.05. The lowest BCUT2D eigenvalue weighted by molar-refractivity contribution is 0.564. The van der Waals surface area contributed by atoms with Crippen LogP contribution in [0.4, 0.5) is 8.78 Å². The van der Waals surface area contributed by atoms with Gasteiger partial charge in [-0.2, -0.15) is 0 Å². The lowest BCUT2D eigenvalue weighted by Crippen LogP contribution is -1.92. The van der Waals surface area contributed by atoms with E-state index in [1.54, 1.807) is 0 Å². The molecule has 0 saturated carbocycles. The molecule has 0 aliphatic carbocycles. The fraction of sp³-hybridized carbons (Fsp3) is 0.250. The van der Waals surface area contributed by atoms with Crippen LogP contribution in [0.15, 0.2) is 15.0 Å². The van der Waals surface area contributed by atoms with Crippen molar-refractivity contribution in [2.75, 3.05) is 0 Å². The van der Waals surface area contributed by atoms with E-state index in [2.05, 4.69) is 31.9 Å². The third kappa shape index (κ3) is 1.69. The summed E-state index contributed by atoms with van der Waals surface area (Å²) < 4.78 is 26.2. The molecule has 0 nitrogen and oxygen atoms in total. The lowest BCUT2D eigenvalue weighted by Gasteiger charge is -2.04. The molecule has 12 heavy (non-hydrogen) atoms. The highest BCUT2D eigenvalue weighted by Crippen LogP contribution is 2.29. The zero-order chi connectivity index (χ0) is 9.30. The monoisotopic (exact) mass is 298 g/mol. The zero-order valence-electron chi connectivity index (χ0n) is 6.30. The molecule has 0 radical (unpaired) electrons. The highest BCUT2D eigenvalue weighted by atomic mass is 79.9. The Morgan fingerprint density at radius 3 is 2.33 bits per heavy atom. The first-order valence-electron chi connectivity index (χ1n) is 3.39. The molecule has 0 aromatic heterocycles. The third-order valence-electron chi connectivity index (χ3n) is 1.56. The van der Waals surface area contributed by atoms with Gasteiger partial charge in [0.1, 0.15) is 5.82 Å². The van der Waals surface area contributed by atoms with E-state index in [-0.39, 0.29) is 4.47 Å². The molecule has 0 amide bonds. The summed E-state index contributed by atoms with van der Waals surface area (Å²) in [5.41, 5.74) is 0.633. The van der Waals surface area contributed by atoms with Gasteiger partial charge in [-0.3, -0.25) is 0 Å². The van der Waals surface area contributed by atoms with Crippen LogP contribution in [0, 0.1) is 11.6 Å². The molecule has 0 atom stereocenters. The van der Waals surface area contributed by atoms with Crippen LogP contribution in [-0.2, 0) is 6.42 Å². The van der Waals surface area contributed by atoms with Crippen molar-refractivity contribution in [2.24, 2.45) is 0 Å². The molecule has 4 heteroatoms. The average molecular weight is 300 g/mol. The van der Waals surface area contributed by atoms with Gasteiger partial charge in [0.2, 0.25) is 0 Å². The quantitative estimate of drug-likeness (QED) is 0.542. The molecular formula is C8H6Br2F2. The van der Waals surface area contributed by atoms with Crippen molar-refractivity contribution in [3.63, 3.8) is 0 Å². The second-order valence-electron chi connectivity index (χ2n) is 2.31. The average Bonchev–Trinajstić information content (AvgIpc) is 2.08. The van der Waals surface area contributed by atoms with Crippen LogP contribution in [0.5, 0.6) is 0 Å². The summed E-state index contributed by atoms with van der Waals surface area (Å²) in [6.07, 6.45) is 0.599. The van der Waals surface area contributed by atoms with Gasteiger partial charge in [-0.25, -0.2) is 8.78 Å². The minimum absolute atomic E-state index is 0.119. The van der Waals surface area contributed by atoms with E-state index in [1.165, 1.54) is 6.07 Å². The van der Waals surface area contributed by atoms with Gasteiger partial charge in [0.25, 0.3) is 0 Å². The van der Waals surface area contributed by atoms with Crippen molar-refractivity contribution in [1.82, 2.24) is 0 Å². The summed E-state index contributed by atoms with van der Waals surface area (Å²) in [7, 11) is 0. The van der Waals surface area contributed by atoms with Crippen molar-refractivity contribution in [2.45, 2.75) is 13.3 Å². The first-order chi connectivity index (χ1) is 5.57. The third-order valence-corrected chi connectivity index (χ3v) is 3.14. The van der Waals surface area contributed by atoms with E-state index < -0.39 is 11.6 Å². The molecule has 1 aromatic rings. The molecule has 0 fully saturated rings. The largest absolute Gasteiger partial charge is 0.206 e. The molecule has 66 valence electrons. The number of rotatable bonds is 1. The van der Waals surface area contributed by atoms with E-state index in [1.807, 2.05) is 6.92 Å². The van der Waals surface area contributed by atoms with E-state index in [0.717, 1.165) is 0 Å². The molecular weight excluding hydrogens is 294 g/mol. The van der Waals surface area contributed by atoms with E-state index in [4.69, 9.17) is 0 Å². The van der Waals surface area contributed by atoms with Gasteiger partial charge in [0.05, 0.1) is 8.95 Å². The molecule has 1 aromatic carbocycles. The zero-order valence-corrected chi connectivity index (χ0v) is 9.47. The van der Waals surface area contributed by atoms with Crippen molar-refractivity contribution in [3.05, 3.63) is 32.2 Å². The van der Waals surface area contributed by atoms with Crippen LogP contribution in [0.1, 0.15) is 12.5 Å². The Morgan fingerprint density at radius 1 is 1.25 bits per heavy atom. The smallest absolute Gasteiger partial charge is 0.154 e. The van der Waals surface area contributed by atoms with Gasteiger partial charge in [-0.15, -0.1) is 0 Å². The number of benzene rings is 1. The Kier molecular flexibility index (Phi) is 3.23. The maximum atomic E-state index is 13.1. The summed E-state index contributed by atoms with van der Waals surface area (Å²) in [5, 5.41) is 0. The molecule has 0 saturated heterocycles. The predicted molar refractivity (Wildman–Crippen MR) is 51.1 cm³/mol. The summed E-state index contributed by atoms with van der Waals surface area (Å²) in [6.45, 7) is 1.84. The Hall–Kier alpha value is 0.0400. The molecule has 0 bridgehead atoms. The second-order valence-corrected chi connectivity index (χ2v) is 3.90. The van der Waals surface area contributed by atoms with Crippen LogP contribution in [-0.4, -0.2) is 0 Å². The van der Waals surface area contributed by atoms with Gasteiger partial charge in [-0.1, -0.05) is 6.92 Å². The first kappa shape index (κ1) is 10.1. The first-order valence-corrected chi connectivity index (χ1v) is 4.98. The molecule has 0 heterocycles. The molecule has 0 aliphatic rings. The van der Waals surface area contributed by atoms with Crippen LogP contribution in [0.2, 0.25) is 0 Å². The topological polar surface area (TPSA) is 0 Å². The SMILES string of the molecule is CCc1cc(F)c(Br)c(F)c1Br. The van der Waals surface area contributed by atoms with E-state index >= 15 is 0 Å². The van der Waals surface area contributed by atoms with Crippen LogP contribution in [0.25, 0.3) is 0 Å². The van der Waals surface area contributed by atoms with Crippen molar-refractivity contribution in [1.29, 1.82) is 0 Å². The minimum Gasteiger partial charge on any atom is -0.206 e. The lowest BCUT2D eigenvalue weighted by atomic mass is 10.2. The van der Waals surface area contributed by atoms with Gasteiger partial charge < -0.3 is 0 Å². The van der Waals surface area contributed by atoms with E-state index in [9.17, 15) is 8.78 Å². The Labute approximate surface area is 86.2 Å². The van der Waals surface area contributed by atoms with Crippen LogP contribution in [0.3, 0.4) is 0 Å². The fourth-order valence-corrected chi connectivity index (χ4v) is 2.05.